The van der Waals surface area contributed by atoms with Gasteiger partial charge < -0.3 is 14.2 Å². The monoisotopic (exact) mass is 365 g/mol. The molecule has 146 valence electrons. The fourth-order valence-electron chi connectivity index (χ4n) is 2.69. The number of hydrogen-bond acceptors (Lipinski definition) is 5. The fraction of sp³-hybridized carbons (Fsp3) is 0.600. The van der Waals surface area contributed by atoms with Crippen LogP contribution in [0.5, 0.6) is 0 Å². The SMILES string of the molecule is CCOC(=O)[C@](C)([C@H](C)c1ccccc1)N(COC)C(=O)OC(C)(C)C. The molecule has 1 amide bonds. The summed E-state index contributed by atoms with van der Waals surface area (Å²) in [6, 6.07) is 9.53. The highest BCUT2D eigenvalue weighted by Gasteiger charge is 2.50. The topological polar surface area (TPSA) is 65.1 Å². The number of amides is 1. The first kappa shape index (κ1) is 22.0. The van der Waals surface area contributed by atoms with E-state index in [4.69, 9.17) is 14.2 Å². The van der Waals surface area contributed by atoms with E-state index >= 15 is 0 Å². The van der Waals surface area contributed by atoms with Gasteiger partial charge >= 0.3 is 12.1 Å². The molecule has 0 unspecified atom stereocenters. The summed E-state index contributed by atoms with van der Waals surface area (Å²) < 4.78 is 16.0. The number of carbonyl (C=O) groups is 2. The zero-order valence-corrected chi connectivity index (χ0v) is 16.9. The maximum atomic E-state index is 12.9. The molecule has 0 saturated carbocycles. The van der Waals surface area contributed by atoms with Gasteiger partial charge in [-0.15, -0.1) is 0 Å². The van der Waals surface area contributed by atoms with Crippen LogP contribution in [0.4, 0.5) is 4.79 Å². The van der Waals surface area contributed by atoms with E-state index in [-0.39, 0.29) is 19.3 Å². The molecular formula is C20H31NO5. The standard InChI is InChI=1S/C20H31NO5/c1-8-25-17(22)20(6,15(2)16-12-10-9-11-13-16)21(14-24-7)18(23)26-19(3,4)5/h9-13,15H,8,14H2,1-7H3/t15-,20+/m1/s1. The zero-order valence-electron chi connectivity index (χ0n) is 16.9. The van der Waals surface area contributed by atoms with Crippen LogP contribution in [0.25, 0.3) is 0 Å². The molecule has 0 aliphatic carbocycles. The van der Waals surface area contributed by atoms with E-state index in [1.54, 1.807) is 34.6 Å². The number of hydrogen-bond donors (Lipinski definition) is 0. The van der Waals surface area contributed by atoms with Gasteiger partial charge in [-0.3, -0.25) is 4.90 Å². The molecule has 0 spiro atoms. The lowest BCUT2D eigenvalue weighted by Crippen LogP contribution is -2.60. The third-order valence-corrected chi connectivity index (χ3v) is 4.26. The molecule has 0 radical (unpaired) electrons. The quantitative estimate of drug-likeness (QED) is 0.541. The van der Waals surface area contributed by atoms with Gasteiger partial charge in [-0.05, 0) is 40.2 Å². The molecule has 0 aliphatic heterocycles. The van der Waals surface area contributed by atoms with Gasteiger partial charge in [0.05, 0.1) is 6.61 Å². The Bertz CT molecular complexity index is 596. The van der Waals surface area contributed by atoms with Crippen molar-refractivity contribution in [1.82, 2.24) is 4.90 Å². The summed E-state index contributed by atoms with van der Waals surface area (Å²) in [5.74, 6) is -0.843. The minimum absolute atomic E-state index is 0.0958. The largest absolute Gasteiger partial charge is 0.464 e. The first-order chi connectivity index (χ1) is 12.1. The summed E-state index contributed by atoms with van der Waals surface area (Å²) in [6.07, 6.45) is -0.627. The summed E-state index contributed by atoms with van der Waals surface area (Å²) in [6.45, 7) is 10.8. The second-order valence-electron chi connectivity index (χ2n) is 7.33. The minimum Gasteiger partial charge on any atom is -0.464 e. The summed E-state index contributed by atoms with van der Waals surface area (Å²) >= 11 is 0. The van der Waals surface area contributed by atoms with E-state index in [1.165, 1.54) is 12.0 Å². The van der Waals surface area contributed by atoms with Gasteiger partial charge in [0.25, 0.3) is 0 Å². The van der Waals surface area contributed by atoms with Crippen LogP contribution in [0, 0.1) is 0 Å². The Balaban J connectivity index is 3.39. The average molecular weight is 365 g/mol. The maximum absolute atomic E-state index is 12.9. The number of methoxy groups -OCH3 is 1. The van der Waals surface area contributed by atoms with Gasteiger partial charge in [0, 0.05) is 13.0 Å². The fourth-order valence-corrected chi connectivity index (χ4v) is 2.69. The molecule has 0 fully saturated rings. The van der Waals surface area contributed by atoms with Crippen LogP contribution in [0.1, 0.15) is 53.0 Å². The van der Waals surface area contributed by atoms with Crippen LogP contribution in [0.3, 0.4) is 0 Å². The number of rotatable bonds is 7. The van der Waals surface area contributed by atoms with Crippen LogP contribution < -0.4 is 0 Å². The van der Waals surface area contributed by atoms with Gasteiger partial charge in [0.15, 0.2) is 0 Å². The van der Waals surface area contributed by atoms with Gasteiger partial charge in [-0.25, -0.2) is 9.59 Å². The van der Waals surface area contributed by atoms with E-state index in [9.17, 15) is 9.59 Å². The van der Waals surface area contributed by atoms with Crippen molar-refractivity contribution in [3.8, 4) is 0 Å². The first-order valence-corrected chi connectivity index (χ1v) is 8.79. The lowest BCUT2D eigenvalue weighted by Gasteiger charge is -2.42. The van der Waals surface area contributed by atoms with E-state index in [0.29, 0.717) is 0 Å². The van der Waals surface area contributed by atoms with Crippen molar-refractivity contribution in [3.05, 3.63) is 35.9 Å². The van der Waals surface area contributed by atoms with Crippen LogP contribution >= 0.6 is 0 Å². The molecule has 0 aromatic heterocycles. The molecule has 2 atom stereocenters. The number of nitrogens with zero attached hydrogens (tertiary/aromatic N) is 1. The third-order valence-electron chi connectivity index (χ3n) is 4.26. The summed E-state index contributed by atoms with van der Waals surface area (Å²) in [4.78, 5) is 27.1. The molecule has 1 rings (SSSR count). The van der Waals surface area contributed by atoms with Crippen LogP contribution in [0.15, 0.2) is 30.3 Å². The van der Waals surface area contributed by atoms with E-state index in [1.807, 2.05) is 37.3 Å². The number of benzene rings is 1. The third kappa shape index (κ3) is 5.21. The highest BCUT2D eigenvalue weighted by molar-refractivity contribution is 5.86. The predicted molar refractivity (Wildman–Crippen MR) is 99.8 cm³/mol. The summed E-state index contributed by atoms with van der Waals surface area (Å²) in [7, 11) is 1.47. The highest BCUT2D eigenvalue weighted by Crippen LogP contribution is 2.35. The molecule has 1 aromatic rings. The van der Waals surface area contributed by atoms with Gasteiger partial charge in [-0.2, -0.15) is 0 Å². The van der Waals surface area contributed by atoms with Gasteiger partial charge in [0.1, 0.15) is 17.9 Å². The van der Waals surface area contributed by atoms with Crippen molar-refractivity contribution in [3.63, 3.8) is 0 Å². The molecule has 1 aromatic carbocycles. The smallest absolute Gasteiger partial charge is 0.413 e. The van der Waals surface area contributed by atoms with E-state index < -0.39 is 23.2 Å². The normalized spacial score (nSPS) is 14.9. The lowest BCUT2D eigenvalue weighted by molar-refractivity contribution is -0.161. The number of ether oxygens (including phenoxy) is 3. The second kappa shape index (κ2) is 9.03. The number of esters is 1. The Hall–Kier alpha value is -2.08. The Morgan fingerprint density at radius 2 is 1.69 bits per heavy atom. The minimum atomic E-state index is -1.30. The van der Waals surface area contributed by atoms with Gasteiger partial charge in [-0.1, -0.05) is 37.3 Å². The van der Waals surface area contributed by atoms with Crippen molar-refractivity contribution >= 4 is 12.1 Å². The zero-order chi connectivity index (χ0) is 20.0. The molecular weight excluding hydrogens is 334 g/mol. The molecule has 0 heterocycles. The Morgan fingerprint density at radius 1 is 1.12 bits per heavy atom. The summed E-state index contributed by atoms with van der Waals surface area (Å²) in [5, 5.41) is 0. The van der Waals surface area contributed by atoms with Crippen molar-refractivity contribution in [2.24, 2.45) is 0 Å². The Morgan fingerprint density at radius 3 is 2.15 bits per heavy atom. The molecule has 26 heavy (non-hydrogen) atoms. The molecule has 0 bridgehead atoms. The van der Waals surface area contributed by atoms with Crippen molar-refractivity contribution in [2.45, 2.75) is 58.6 Å². The van der Waals surface area contributed by atoms with Crippen LogP contribution in [0.2, 0.25) is 0 Å². The van der Waals surface area contributed by atoms with Crippen molar-refractivity contribution < 1.29 is 23.8 Å². The van der Waals surface area contributed by atoms with Crippen LogP contribution in [-0.2, 0) is 19.0 Å². The van der Waals surface area contributed by atoms with Crippen LogP contribution in [-0.4, -0.2) is 48.5 Å². The predicted octanol–water partition coefficient (Wildman–Crippen LogP) is 3.95. The van der Waals surface area contributed by atoms with E-state index in [2.05, 4.69) is 0 Å². The Labute approximate surface area is 156 Å². The lowest BCUT2D eigenvalue weighted by atomic mass is 9.80. The van der Waals surface area contributed by atoms with Gasteiger partial charge in [0.2, 0.25) is 0 Å². The van der Waals surface area contributed by atoms with Crippen molar-refractivity contribution in [2.75, 3.05) is 20.4 Å². The molecule has 0 N–H and O–H groups in total. The molecule has 6 heteroatoms. The average Bonchev–Trinajstić information content (AvgIpc) is 2.57. The first-order valence-electron chi connectivity index (χ1n) is 8.79. The van der Waals surface area contributed by atoms with E-state index in [0.717, 1.165) is 5.56 Å². The Kier molecular flexibility index (Phi) is 7.63. The molecule has 0 saturated heterocycles. The van der Waals surface area contributed by atoms with Crippen molar-refractivity contribution in [1.29, 1.82) is 0 Å². The molecule has 6 nitrogen and oxygen atoms in total. The summed E-state index contributed by atoms with van der Waals surface area (Å²) in [5.41, 5.74) is -1.09. The maximum Gasteiger partial charge on any atom is 0.413 e. The second-order valence-corrected chi connectivity index (χ2v) is 7.33. The molecule has 0 aliphatic rings. The number of carbonyl (C=O) groups excluding carboxylic acids is 2. The highest BCUT2D eigenvalue weighted by atomic mass is 16.6.